The third-order valence-electron chi connectivity index (χ3n) is 3.80. The van der Waals surface area contributed by atoms with Gasteiger partial charge in [-0.25, -0.2) is 18.2 Å². The van der Waals surface area contributed by atoms with Crippen LogP contribution >= 0.6 is 11.6 Å². The van der Waals surface area contributed by atoms with E-state index in [4.69, 9.17) is 27.8 Å². The standard InChI is InChI=1S/C18H21ClN4O4S/c1-3-23(4-2)28(25,26)16-10-9-14(11-15(16)19)27-17(24)12-5-7-13(8-6-12)22-18(20)21/h5-11H,3-4H2,1-2H3,(H4,20,21,22). The van der Waals surface area contributed by atoms with Crippen molar-refractivity contribution in [3.05, 3.63) is 53.1 Å². The summed E-state index contributed by atoms with van der Waals surface area (Å²) in [4.78, 5) is 16.1. The van der Waals surface area contributed by atoms with Gasteiger partial charge >= 0.3 is 5.97 Å². The number of benzene rings is 2. The summed E-state index contributed by atoms with van der Waals surface area (Å²) < 4.78 is 31.7. The van der Waals surface area contributed by atoms with Crippen LogP contribution in [-0.4, -0.2) is 37.7 Å². The molecule has 0 aliphatic rings. The predicted molar refractivity (Wildman–Crippen MR) is 108 cm³/mol. The summed E-state index contributed by atoms with van der Waals surface area (Å²) in [5, 5.41) is -0.0275. The lowest BCUT2D eigenvalue weighted by Gasteiger charge is -2.19. The van der Waals surface area contributed by atoms with E-state index in [-0.39, 0.29) is 27.2 Å². The second kappa shape index (κ2) is 9.05. The molecule has 0 saturated carbocycles. The van der Waals surface area contributed by atoms with Gasteiger partial charge in [-0.3, -0.25) is 0 Å². The number of guanidine groups is 1. The molecule has 0 aromatic heterocycles. The molecule has 0 aliphatic heterocycles. The zero-order valence-electron chi connectivity index (χ0n) is 15.4. The van der Waals surface area contributed by atoms with Crippen molar-refractivity contribution in [2.24, 2.45) is 16.5 Å². The largest absolute Gasteiger partial charge is 0.423 e. The van der Waals surface area contributed by atoms with E-state index >= 15 is 0 Å². The van der Waals surface area contributed by atoms with E-state index in [1.165, 1.54) is 34.6 Å². The Balaban J connectivity index is 2.20. The lowest BCUT2D eigenvalue weighted by molar-refractivity contribution is 0.0735. The van der Waals surface area contributed by atoms with Crippen molar-refractivity contribution in [3.63, 3.8) is 0 Å². The van der Waals surface area contributed by atoms with Crippen molar-refractivity contribution < 1.29 is 17.9 Å². The van der Waals surface area contributed by atoms with Gasteiger partial charge in [-0.2, -0.15) is 4.31 Å². The maximum absolute atomic E-state index is 12.6. The number of carbonyl (C=O) groups excluding carboxylic acids is 1. The molecule has 0 spiro atoms. The Hall–Kier alpha value is -2.62. The van der Waals surface area contributed by atoms with Crippen molar-refractivity contribution in [1.82, 2.24) is 4.31 Å². The molecule has 0 aliphatic carbocycles. The molecule has 2 aromatic rings. The highest BCUT2D eigenvalue weighted by atomic mass is 35.5. The number of carbonyl (C=O) groups is 1. The molecule has 4 N–H and O–H groups in total. The van der Waals surface area contributed by atoms with Crippen LogP contribution in [-0.2, 0) is 10.0 Å². The predicted octanol–water partition coefficient (Wildman–Crippen LogP) is 2.49. The molecule has 10 heteroatoms. The van der Waals surface area contributed by atoms with Crippen molar-refractivity contribution in [1.29, 1.82) is 0 Å². The van der Waals surface area contributed by atoms with Gasteiger partial charge in [-0.05, 0) is 36.4 Å². The van der Waals surface area contributed by atoms with Gasteiger partial charge in [-0.15, -0.1) is 0 Å². The second-order valence-corrected chi connectivity index (χ2v) is 7.97. The third kappa shape index (κ3) is 5.00. The minimum Gasteiger partial charge on any atom is -0.423 e. The monoisotopic (exact) mass is 424 g/mol. The molecule has 0 heterocycles. The van der Waals surface area contributed by atoms with Crippen LogP contribution in [0.1, 0.15) is 24.2 Å². The van der Waals surface area contributed by atoms with E-state index in [2.05, 4.69) is 4.99 Å². The number of nitrogens with zero attached hydrogens (tertiary/aromatic N) is 2. The SMILES string of the molecule is CCN(CC)S(=O)(=O)c1ccc(OC(=O)c2ccc(N=C(N)N)cc2)cc1Cl. The molecule has 8 nitrogen and oxygen atoms in total. The van der Waals surface area contributed by atoms with Crippen LogP contribution in [0, 0.1) is 0 Å². The van der Waals surface area contributed by atoms with Gasteiger partial charge in [0.1, 0.15) is 10.6 Å². The molecule has 0 bridgehead atoms. The molecular formula is C18H21ClN4O4S. The van der Waals surface area contributed by atoms with Crippen LogP contribution in [0.4, 0.5) is 5.69 Å². The van der Waals surface area contributed by atoms with Gasteiger partial charge in [-0.1, -0.05) is 25.4 Å². The van der Waals surface area contributed by atoms with E-state index < -0.39 is 16.0 Å². The van der Waals surface area contributed by atoms with Crippen LogP contribution in [0.2, 0.25) is 5.02 Å². The smallest absolute Gasteiger partial charge is 0.343 e. The number of aliphatic imine (C=N–C) groups is 1. The summed E-state index contributed by atoms with van der Waals surface area (Å²) in [6.45, 7) is 4.12. The molecule has 2 rings (SSSR count). The van der Waals surface area contributed by atoms with E-state index in [1.54, 1.807) is 26.0 Å². The van der Waals surface area contributed by atoms with Crippen molar-refractivity contribution in [3.8, 4) is 5.75 Å². The topological polar surface area (TPSA) is 128 Å². The molecule has 0 amide bonds. The van der Waals surface area contributed by atoms with Crippen molar-refractivity contribution in [2.75, 3.05) is 13.1 Å². The number of esters is 1. The Kier molecular flexibility index (Phi) is 7.00. The highest BCUT2D eigenvalue weighted by molar-refractivity contribution is 7.89. The molecule has 0 unspecified atom stereocenters. The fraction of sp³-hybridized carbons (Fsp3) is 0.222. The van der Waals surface area contributed by atoms with Gasteiger partial charge in [0, 0.05) is 19.2 Å². The van der Waals surface area contributed by atoms with Crippen LogP contribution in [0.5, 0.6) is 5.75 Å². The minimum absolute atomic E-state index is 0.0275. The van der Waals surface area contributed by atoms with E-state index in [0.29, 0.717) is 18.8 Å². The fourth-order valence-corrected chi connectivity index (χ4v) is 4.41. The molecule has 0 saturated heterocycles. The van der Waals surface area contributed by atoms with Crippen molar-refractivity contribution >= 4 is 39.2 Å². The summed E-state index contributed by atoms with van der Waals surface area (Å²) in [5.41, 5.74) is 11.4. The van der Waals surface area contributed by atoms with Crippen LogP contribution in [0.15, 0.2) is 52.4 Å². The third-order valence-corrected chi connectivity index (χ3v) is 6.33. The van der Waals surface area contributed by atoms with Crippen LogP contribution in [0.25, 0.3) is 0 Å². The van der Waals surface area contributed by atoms with Crippen LogP contribution in [0.3, 0.4) is 0 Å². The van der Waals surface area contributed by atoms with Gasteiger partial charge in [0.2, 0.25) is 10.0 Å². The summed E-state index contributed by atoms with van der Waals surface area (Å²) >= 11 is 6.14. The number of ether oxygens (including phenoxy) is 1. The zero-order chi connectivity index (χ0) is 20.9. The number of nitrogens with two attached hydrogens (primary N) is 2. The highest BCUT2D eigenvalue weighted by Gasteiger charge is 2.24. The highest BCUT2D eigenvalue weighted by Crippen LogP contribution is 2.29. The molecule has 0 radical (unpaired) electrons. The van der Waals surface area contributed by atoms with E-state index in [1.807, 2.05) is 0 Å². The lowest BCUT2D eigenvalue weighted by atomic mass is 10.2. The Bertz CT molecular complexity index is 983. The van der Waals surface area contributed by atoms with Crippen molar-refractivity contribution in [2.45, 2.75) is 18.7 Å². The maximum Gasteiger partial charge on any atom is 0.343 e. The van der Waals surface area contributed by atoms with Gasteiger partial charge in [0.05, 0.1) is 16.3 Å². The first-order valence-electron chi connectivity index (χ1n) is 8.40. The lowest BCUT2D eigenvalue weighted by Crippen LogP contribution is -2.30. The quantitative estimate of drug-likeness (QED) is 0.304. The Morgan fingerprint density at radius 1 is 1.11 bits per heavy atom. The summed E-state index contributed by atoms with van der Waals surface area (Å²) in [6, 6.07) is 10.1. The summed E-state index contributed by atoms with van der Waals surface area (Å²) in [7, 11) is -3.72. The first-order chi connectivity index (χ1) is 13.2. The fourth-order valence-electron chi connectivity index (χ4n) is 2.44. The Labute approximate surface area is 168 Å². The molecule has 0 atom stereocenters. The number of hydrogen-bond donors (Lipinski definition) is 2. The first kappa shape index (κ1) is 21.7. The molecule has 0 fully saturated rings. The number of rotatable bonds is 7. The number of hydrogen-bond acceptors (Lipinski definition) is 5. The second-order valence-electron chi connectivity index (χ2n) is 5.65. The first-order valence-corrected chi connectivity index (χ1v) is 10.2. The average molecular weight is 425 g/mol. The van der Waals surface area contributed by atoms with Gasteiger partial charge in [0.15, 0.2) is 5.96 Å². The Morgan fingerprint density at radius 3 is 2.21 bits per heavy atom. The molecule has 28 heavy (non-hydrogen) atoms. The number of sulfonamides is 1. The zero-order valence-corrected chi connectivity index (χ0v) is 17.0. The summed E-state index contributed by atoms with van der Waals surface area (Å²) in [6.07, 6.45) is 0. The maximum atomic E-state index is 12.6. The average Bonchev–Trinajstić information content (AvgIpc) is 2.62. The van der Waals surface area contributed by atoms with E-state index in [0.717, 1.165) is 0 Å². The Morgan fingerprint density at radius 2 is 1.71 bits per heavy atom. The van der Waals surface area contributed by atoms with E-state index in [9.17, 15) is 13.2 Å². The van der Waals surface area contributed by atoms with Gasteiger partial charge in [0.25, 0.3) is 0 Å². The summed E-state index contributed by atoms with van der Waals surface area (Å²) in [5.74, 6) is -0.599. The molecule has 150 valence electrons. The van der Waals surface area contributed by atoms with Crippen LogP contribution < -0.4 is 16.2 Å². The minimum atomic E-state index is -3.72. The van der Waals surface area contributed by atoms with Gasteiger partial charge < -0.3 is 16.2 Å². The molecule has 2 aromatic carbocycles. The normalized spacial score (nSPS) is 11.3. The molecular weight excluding hydrogens is 404 g/mol. The number of halogens is 1.